The maximum absolute atomic E-state index is 13.6. The predicted octanol–water partition coefficient (Wildman–Crippen LogP) is 4.10. The van der Waals surface area contributed by atoms with E-state index in [9.17, 15) is 9.18 Å². The van der Waals surface area contributed by atoms with Crippen LogP contribution in [0, 0.1) is 5.82 Å². The SMILES string of the molecule is O=C(Cc1ccc(Cl)cc1)Nc1ccc(NCCc2ccccc2F)nn1. The third-order valence-electron chi connectivity index (χ3n) is 3.87. The zero-order valence-corrected chi connectivity index (χ0v) is 15.2. The van der Waals surface area contributed by atoms with Crippen LogP contribution in [0.5, 0.6) is 0 Å². The molecule has 0 saturated carbocycles. The molecule has 0 aliphatic heterocycles. The predicted molar refractivity (Wildman–Crippen MR) is 104 cm³/mol. The van der Waals surface area contributed by atoms with Gasteiger partial charge >= 0.3 is 0 Å². The zero-order valence-electron chi connectivity index (χ0n) is 14.5. The number of anilines is 2. The second kappa shape index (κ2) is 9.09. The lowest BCUT2D eigenvalue weighted by Crippen LogP contribution is -2.16. The Bertz CT molecular complexity index is 901. The molecule has 0 bridgehead atoms. The minimum atomic E-state index is -0.218. The molecule has 3 rings (SSSR count). The topological polar surface area (TPSA) is 66.9 Å². The summed E-state index contributed by atoms with van der Waals surface area (Å²) >= 11 is 5.83. The lowest BCUT2D eigenvalue weighted by molar-refractivity contribution is -0.115. The first-order chi connectivity index (χ1) is 13.1. The molecule has 7 heteroatoms. The second-order valence-corrected chi connectivity index (χ2v) is 6.36. The van der Waals surface area contributed by atoms with E-state index in [0.717, 1.165) is 5.56 Å². The van der Waals surface area contributed by atoms with Gasteiger partial charge in [-0.3, -0.25) is 4.79 Å². The molecule has 0 aliphatic carbocycles. The minimum Gasteiger partial charge on any atom is -0.368 e. The van der Waals surface area contributed by atoms with Crippen molar-refractivity contribution in [2.45, 2.75) is 12.8 Å². The van der Waals surface area contributed by atoms with Crippen molar-refractivity contribution < 1.29 is 9.18 Å². The molecule has 2 N–H and O–H groups in total. The van der Waals surface area contributed by atoms with E-state index >= 15 is 0 Å². The average Bonchev–Trinajstić information content (AvgIpc) is 2.66. The molecular weight excluding hydrogens is 367 g/mol. The highest BCUT2D eigenvalue weighted by molar-refractivity contribution is 6.30. The fourth-order valence-corrected chi connectivity index (χ4v) is 2.62. The van der Waals surface area contributed by atoms with Crippen LogP contribution < -0.4 is 10.6 Å². The van der Waals surface area contributed by atoms with Gasteiger partial charge in [0.2, 0.25) is 5.91 Å². The fraction of sp³-hybridized carbons (Fsp3) is 0.150. The molecule has 2 aromatic carbocycles. The third kappa shape index (κ3) is 5.76. The molecule has 27 heavy (non-hydrogen) atoms. The van der Waals surface area contributed by atoms with Crippen molar-refractivity contribution in [3.63, 3.8) is 0 Å². The van der Waals surface area contributed by atoms with Gasteiger partial charge in [-0.05, 0) is 47.9 Å². The standard InChI is InChI=1S/C20H18ClFN4O/c21-16-7-5-14(6-8-16)13-20(27)24-19-10-9-18(25-26-19)23-12-11-15-3-1-2-4-17(15)22/h1-10H,11-13H2,(H,23,25)(H,24,26,27). The summed E-state index contributed by atoms with van der Waals surface area (Å²) in [5, 5.41) is 14.4. The molecule has 0 aliphatic rings. The van der Waals surface area contributed by atoms with Crippen molar-refractivity contribution in [2.75, 3.05) is 17.2 Å². The smallest absolute Gasteiger partial charge is 0.229 e. The van der Waals surface area contributed by atoms with E-state index in [1.54, 1.807) is 54.6 Å². The van der Waals surface area contributed by atoms with Crippen LogP contribution in [0.4, 0.5) is 16.0 Å². The number of nitrogens with one attached hydrogen (secondary N) is 2. The van der Waals surface area contributed by atoms with Gasteiger partial charge in [0.15, 0.2) is 5.82 Å². The quantitative estimate of drug-likeness (QED) is 0.643. The van der Waals surface area contributed by atoms with Crippen LogP contribution in [0.15, 0.2) is 60.7 Å². The first kappa shape index (κ1) is 18.8. The lowest BCUT2D eigenvalue weighted by atomic mass is 10.1. The number of nitrogens with zero attached hydrogens (tertiary/aromatic N) is 2. The van der Waals surface area contributed by atoms with Crippen LogP contribution >= 0.6 is 11.6 Å². The molecule has 1 heterocycles. The number of hydrogen-bond donors (Lipinski definition) is 2. The van der Waals surface area contributed by atoms with E-state index in [4.69, 9.17) is 11.6 Å². The minimum absolute atomic E-state index is 0.188. The van der Waals surface area contributed by atoms with Crippen LogP contribution in [0.25, 0.3) is 0 Å². The molecule has 5 nitrogen and oxygen atoms in total. The summed E-state index contributed by atoms with van der Waals surface area (Å²) in [5.41, 5.74) is 1.50. The van der Waals surface area contributed by atoms with Gasteiger partial charge in [-0.2, -0.15) is 0 Å². The van der Waals surface area contributed by atoms with Crippen molar-refractivity contribution in [1.82, 2.24) is 10.2 Å². The molecule has 1 aromatic heterocycles. The van der Waals surface area contributed by atoms with E-state index in [1.807, 2.05) is 0 Å². The van der Waals surface area contributed by atoms with Gasteiger partial charge in [0.1, 0.15) is 11.6 Å². The summed E-state index contributed by atoms with van der Waals surface area (Å²) < 4.78 is 13.6. The zero-order chi connectivity index (χ0) is 19.1. The second-order valence-electron chi connectivity index (χ2n) is 5.92. The van der Waals surface area contributed by atoms with Gasteiger partial charge in [-0.1, -0.05) is 41.9 Å². The van der Waals surface area contributed by atoms with Crippen molar-refractivity contribution in [2.24, 2.45) is 0 Å². The highest BCUT2D eigenvalue weighted by Gasteiger charge is 2.06. The van der Waals surface area contributed by atoms with Crippen molar-refractivity contribution >= 4 is 29.1 Å². The highest BCUT2D eigenvalue weighted by atomic mass is 35.5. The Morgan fingerprint density at radius 1 is 0.963 bits per heavy atom. The molecule has 0 atom stereocenters. The van der Waals surface area contributed by atoms with Gasteiger partial charge in [0.05, 0.1) is 6.42 Å². The van der Waals surface area contributed by atoms with E-state index in [1.165, 1.54) is 6.07 Å². The normalized spacial score (nSPS) is 10.4. The summed E-state index contributed by atoms with van der Waals surface area (Å²) in [6.45, 7) is 0.526. The maximum Gasteiger partial charge on any atom is 0.229 e. The van der Waals surface area contributed by atoms with Gasteiger partial charge in [0, 0.05) is 11.6 Å². The molecular formula is C20H18ClFN4O. The van der Waals surface area contributed by atoms with Gasteiger partial charge < -0.3 is 10.6 Å². The fourth-order valence-electron chi connectivity index (χ4n) is 2.49. The number of hydrogen-bond acceptors (Lipinski definition) is 4. The van der Waals surface area contributed by atoms with Crippen LogP contribution in [-0.2, 0) is 17.6 Å². The summed E-state index contributed by atoms with van der Waals surface area (Å²) in [7, 11) is 0. The van der Waals surface area contributed by atoms with E-state index < -0.39 is 0 Å². The van der Waals surface area contributed by atoms with Crippen LogP contribution in [0.2, 0.25) is 5.02 Å². The average molecular weight is 385 g/mol. The van der Waals surface area contributed by atoms with Crippen LogP contribution in [0.3, 0.4) is 0 Å². The number of amides is 1. The Morgan fingerprint density at radius 2 is 1.67 bits per heavy atom. The first-order valence-corrected chi connectivity index (χ1v) is 8.83. The summed E-state index contributed by atoms with van der Waals surface area (Å²) in [5.74, 6) is 0.520. The monoisotopic (exact) mass is 384 g/mol. The first-order valence-electron chi connectivity index (χ1n) is 8.45. The van der Waals surface area contributed by atoms with E-state index in [0.29, 0.717) is 35.2 Å². The van der Waals surface area contributed by atoms with E-state index in [2.05, 4.69) is 20.8 Å². The Hall–Kier alpha value is -2.99. The van der Waals surface area contributed by atoms with Crippen LogP contribution in [0.1, 0.15) is 11.1 Å². The molecule has 0 fully saturated rings. The Morgan fingerprint density at radius 3 is 2.37 bits per heavy atom. The molecule has 0 spiro atoms. The molecule has 1 amide bonds. The number of aromatic nitrogens is 2. The Kier molecular flexibility index (Phi) is 6.33. The van der Waals surface area contributed by atoms with Crippen molar-refractivity contribution in [1.29, 1.82) is 0 Å². The van der Waals surface area contributed by atoms with Gasteiger partial charge in [-0.25, -0.2) is 4.39 Å². The van der Waals surface area contributed by atoms with Gasteiger partial charge in [0.25, 0.3) is 0 Å². The molecule has 0 saturated heterocycles. The van der Waals surface area contributed by atoms with Crippen molar-refractivity contribution in [3.05, 3.63) is 82.6 Å². The molecule has 0 radical (unpaired) electrons. The third-order valence-corrected chi connectivity index (χ3v) is 4.12. The highest BCUT2D eigenvalue weighted by Crippen LogP contribution is 2.12. The number of halogens is 2. The molecule has 3 aromatic rings. The molecule has 138 valence electrons. The summed E-state index contributed by atoms with van der Waals surface area (Å²) in [6, 6.07) is 17.1. The number of carbonyl (C=O) groups excluding carboxylic acids is 1. The number of carbonyl (C=O) groups is 1. The Balaban J connectivity index is 1.47. The largest absolute Gasteiger partial charge is 0.368 e. The summed E-state index contributed by atoms with van der Waals surface area (Å²) in [6.07, 6.45) is 0.759. The number of benzene rings is 2. The summed E-state index contributed by atoms with van der Waals surface area (Å²) in [4.78, 5) is 12.0. The van der Waals surface area contributed by atoms with Crippen LogP contribution in [-0.4, -0.2) is 22.6 Å². The maximum atomic E-state index is 13.6. The van der Waals surface area contributed by atoms with Crippen molar-refractivity contribution in [3.8, 4) is 0 Å². The Labute approximate surface area is 161 Å². The van der Waals surface area contributed by atoms with E-state index in [-0.39, 0.29) is 18.1 Å². The van der Waals surface area contributed by atoms with Gasteiger partial charge in [-0.15, -0.1) is 10.2 Å². The number of rotatable bonds is 7. The molecule has 0 unspecified atom stereocenters. The lowest BCUT2D eigenvalue weighted by Gasteiger charge is -2.07.